The minimum absolute atomic E-state index is 0.125. The number of amides is 1. The van der Waals surface area contributed by atoms with Gasteiger partial charge in [0.15, 0.2) is 6.61 Å². The summed E-state index contributed by atoms with van der Waals surface area (Å²) in [5, 5.41) is 3.99. The van der Waals surface area contributed by atoms with Gasteiger partial charge in [-0.2, -0.15) is 0 Å². The van der Waals surface area contributed by atoms with Crippen LogP contribution >= 0.6 is 0 Å². The molecule has 0 saturated heterocycles. The highest BCUT2D eigenvalue weighted by Gasteiger charge is 2.07. The van der Waals surface area contributed by atoms with E-state index in [1.807, 2.05) is 31.2 Å². The zero-order chi connectivity index (χ0) is 16.2. The molecule has 0 bridgehead atoms. The van der Waals surface area contributed by atoms with Crippen LogP contribution in [0.25, 0.3) is 10.8 Å². The lowest BCUT2D eigenvalue weighted by Crippen LogP contribution is -2.20. The number of hydrogen-bond acceptors (Lipinski definition) is 3. The van der Waals surface area contributed by atoms with Gasteiger partial charge in [0.1, 0.15) is 5.75 Å². The minimum Gasteiger partial charge on any atom is -0.483 e. The average molecular weight is 308 g/mol. The molecule has 3 aromatic rings. The molecule has 5 nitrogen and oxygen atoms in total. The molecule has 5 heteroatoms. The van der Waals surface area contributed by atoms with Gasteiger partial charge < -0.3 is 15.0 Å². The Labute approximate surface area is 132 Å². The fourth-order valence-electron chi connectivity index (χ4n) is 2.38. The summed E-state index contributed by atoms with van der Waals surface area (Å²) in [7, 11) is 0. The van der Waals surface area contributed by atoms with Gasteiger partial charge in [-0.3, -0.25) is 9.59 Å². The zero-order valence-corrected chi connectivity index (χ0v) is 12.6. The zero-order valence-electron chi connectivity index (χ0n) is 12.6. The van der Waals surface area contributed by atoms with Crippen molar-refractivity contribution in [3.8, 4) is 5.75 Å². The third-order valence-electron chi connectivity index (χ3n) is 3.44. The number of nitrogens with one attached hydrogen (secondary N) is 2. The highest BCUT2D eigenvalue weighted by molar-refractivity contribution is 5.92. The Balaban J connectivity index is 1.72. The van der Waals surface area contributed by atoms with Gasteiger partial charge in [-0.1, -0.05) is 18.2 Å². The molecule has 2 aromatic carbocycles. The average Bonchev–Trinajstić information content (AvgIpc) is 2.53. The maximum absolute atomic E-state index is 12.0. The molecule has 0 saturated carbocycles. The maximum Gasteiger partial charge on any atom is 0.262 e. The second-order valence-corrected chi connectivity index (χ2v) is 5.23. The van der Waals surface area contributed by atoms with E-state index >= 15 is 0 Å². The van der Waals surface area contributed by atoms with Gasteiger partial charge in [-0.05, 0) is 42.8 Å². The second-order valence-electron chi connectivity index (χ2n) is 5.23. The molecule has 0 unspecified atom stereocenters. The molecule has 1 amide bonds. The van der Waals surface area contributed by atoms with E-state index in [1.54, 1.807) is 30.5 Å². The van der Waals surface area contributed by atoms with Crippen molar-refractivity contribution >= 4 is 22.4 Å². The van der Waals surface area contributed by atoms with E-state index in [4.69, 9.17) is 4.74 Å². The Morgan fingerprint density at radius 2 is 1.96 bits per heavy atom. The van der Waals surface area contributed by atoms with Crippen LogP contribution in [0.5, 0.6) is 5.75 Å². The van der Waals surface area contributed by atoms with Crippen LogP contribution in [0.15, 0.2) is 59.5 Å². The van der Waals surface area contributed by atoms with Crippen molar-refractivity contribution in [1.29, 1.82) is 0 Å². The van der Waals surface area contributed by atoms with E-state index < -0.39 is 0 Å². The van der Waals surface area contributed by atoms with Crippen molar-refractivity contribution in [2.75, 3.05) is 11.9 Å². The van der Waals surface area contributed by atoms with Crippen LogP contribution in [0.3, 0.4) is 0 Å². The van der Waals surface area contributed by atoms with Crippen molar-refractivity contribution in [2.24, 2.45) is 0 Å². The number of rotatable bonds is 4. The number of fused-ring (bicyclic) bond motifs is 1. The SMILES string of the molecule is Cc1cccc(NC(=O)COc2cccc3c(=O)[nH]ccc23)c1. The number of pyridine rings is 1. The van der Waals surface area contributed by atoms with Gasteiger partial charge in [-0.25, -0.2) is 0 Å². The summed E-state index contributed by atoms with van der Waals surface area (Å²) in [6, 6.07) is 14.5. The molecule has 116 valence electrons. The van der Waals surface area contributed by atoms with Crippen molar-refractivity contribution in [1.82, 2.24) is 4.98 Å². The van der Waals surface area contributed by atoms with Crippen LogP contribution in [0.1, 0.15) is 5.56 Å². The van der Waals surface area contributed by atoms with E-state index in [-0.39, 0.29) is 18.1 Å². The van der Waals surface area contributed by atoms with Crippen LogP contribution in [-0.4, -0.2) is 17.5 Å². The molecule has 0 radical (unpaired) electrons. The Morgan fingerprint density at radius 1 is 1.13 bits per heavy atom. The third-order valence-corrected chi connectivity index (χ3v) is 3.44. The lowest BCUT2D eigenvalue weighted by atomic mass is 10.1. The number of anilines is 1. The number of aryl methyl sites for hydroxylation is 1. The Morgan fingerprint density at radius 3 is 2.78 bits per heavy atom. The van der Waals surface area contributed by atoms with Crippen LogP contribution < -0.4 is 15.6 Å². The Hall–Kier alpha value is -3.08. The van der Waals surface area contributed by atoms with E-state index in [9.17, 15) is 9.59 Å². The predicted octanol–water partition coefficient (Wildman–Crippen LogP) is 2.85. The number of hydrogen-bond donors (Lipinski definition) is 2. The highest BCUT2D eigenvalue weighted by atomic mass is 16.5. The van der Waals surface area contributed by atoms with Crippen molar-refractivity contribution in [2.45, 2.75) is 6.92 Å². The first-order valence-corrected chi connectivity index (χ1v) is 7.23. The van der Waals surface area contributed by atoms with E-state index in [0.29, 0.717) is 16.5 Å². The molecule has 1 heterocycles. The molecule has 0 fully saturated rings. The van der Waals surface area contributed by atoms with Gasteiger partial charge in [0.05, 0.1) is 5.39 Å². The first-order chi connectivity index (χ1) is 11.1. The predicted molar refractivity (Wildman–Crippen MR) is 89.9 cm³/mol. The van der Waals surface area contributed by atoms with Crippen LogP contribution in [0.2, 0.25) is 0 Å². The summed E-state index contributed by atoms with van der Waals surface area (Å²) in [5.41, 5.74) is 1.61. The van der Waals surface area contributed by atoms with Gasteiger partial charge in [0.2, 0.25) is 0 Å². The second kappa shape index (κ2) is 6.36. The number of carbonyl (C=O) groups is 1. The standard InChI is InChI=1S/C18H16N2O3/c1-12-4-2-5-13(10-12)20-17(21)11-23-16-7-3-6-15-14(16)8-9-19-18(15)22/h2-10H,11H2,1H3,(H,19,22)(H,20,21). The maximum atomic E-state index is 12.0. The number of H-pyrrole nitrogens is 1. The molecule has 0 aliphatic carbocycles. The molecular weight excluding hydrogens is 292 g/mol. The number of aromatic amines is 1. The molecule has 23 heavy (non-hydrogen) atoms. The topological polar surface area (TPSA) is 71.2 Å². The first kappa shape index (κ1) is 14.8. The van der Waals surface area contributed by atoms with Crippen LogP contribution in [0.4, 0.5) is 5.69 Å². The lowest BCUT2D eigenvalue weighted by molar-refractivity contribution is -0.118. The number of ether oxygens (including phenoxy) is 1. The van der Waals surface area contributed by atoms with E-state index in [2.05, 4.69) is 10.3 Å². The molecule has 1 aromatic heterocycles. The van der Waals surface area contributed by atoms with Crippen LogP contribution in [0, 0.1) is 6.92 Å². The summed E-state index contributed by atoms with van der Waals surface area (Å²) >= 11 is 0. The largest absolute Gasteiger partial charge is 0.483 e. The fourth-order valence-corrected chi connectivity index (χ4v) is 2.38. The smallest absolute Gasteiger partial charge is 0.262 e. The molecule has 2 N–H and O–H groups in total. The molecule has 0 spiro atoms. The quantitative estimate of drug-likeness (QED) is 0.778. The minimum atomic E-state index is -0.252. The fraction of sp³-hybridized carbons (Fsp3) is 0.111. The summed E-state index contributed by atoms with van der Waals surface area (Å²) in [4.78, 5) is 26.4. The molecular formula is C18H16N2O3. The van der Waals surface area contributed by atoms with Crippen molar-refractivity contribution in [3.05, 3.63) is 70.6 Å². The summed E-state index contributed by atoms with van der Waals surface area (Å²) in [6.07, 6.45) is 1.56. The van der Waals surface area contributed by atoms with Crippen LogP contribution in [-0.2, 0) is 4.79 Å². The number of aromatic nitrogens is 1. The summed E-state index contributed by atoms with van der Waals surface area (Å²) in [6.45, 7) is 1.83. The normalized spacial score (nSPS) is 10.5. The molecule has 3 rings (SSSR count). The van der Waals surface area contributed by atoms with Crippen molar-refractivity contribution in [3.63, 3.8) is 0 Å². The molecule has 0 aliphatic heterocycles. The number of carbonyl (C=O) groups excluding carboxylic acids is 1. The van der Waals surface area contributed by atoms with Crippen molar-refractivity contribution < 1.29 is 9.53 Å². The Bertz CT molecular complexity index is 915. The summed E-state index contributed by atoms with van der Waals surface area (Å²) < 4.78 is 5.57. The highest BCUT2D eigenvalue weighted by Crippen LogP contribution is 2.22. The lowest BCUT2D eigenvalue weighted by Gasteiger charge is -2.10. The van der Waals surface area contributed by atoms with E-state index in [1.165, 1.54) is 0 Å². The summed E-state index contributed by atoms with van der Waals surface area (Å²) in [5.74, 6) is 0.255. The molecule has 0 aliphatic rings. The molecule has 0 atom stereocenters. The monoisotopic (exact) mass is 308 g/mol. The van der Waals surface area contributed by atoms with Gasteiger partial charge in [0, 0.05) is 17.3 Å². The third kappa shape index (κ3) is 3.40. The number of benzene rings is 2. The Kier molecular flexibility index (Phi) is 4.10. The van der Waals surface area contributed by atoms with Gasteiger partial charge in [0.25, 0.3) is 11.5 Å². The van der Waals surface area contributed by atoms with E-state index in [0.717, 1.165) is 11.3 Å². The van der Waals surface area contributed by atoms with Gasteiger partial charge >= 0.3 is 0 Å². The first-order valence-electron chi connectivity index (χ1n) is 7.23. The van der Waals surface area contributed by atoms with Gasteiger partial charge in [-0.15, -0.1) is 0 Å².